The van der Waals surface area contributed by atoms with E-state index in [2.05, 4.69) is 10.3 Å². The highest BCUT2D eigenvalue weighted by Crippen LogP contribution is 2.06. The molecule has 80 valence electrons. The van der Waals surface area contributed by atoms with Crippen molar-refractivity contribution in [1.82, 2.24) is 4.98 Å². The van der Waals surface area contributed by atoms with Crippen molar-refractivity contribution < 1.29 is 14.7 Å². The normalized spacial score (nSPS) is 10.1. The summed E-state index contributed by atoms with van der Waals surface area (Å²) in [5.74, 6) is -0.959. The van der Waals surface area contributed by atoms with E-state index in [9.17, 15) is 9.59 Å². The summed E-state index contributed by atoms with van der Waals surface area (Å²) in [6, 6.07) is 2.86. The van der Waals surface area contributed by atoms with Crippen LogP contribution in [0.15, 0.2) is 18.3 Å². The number of hydrogen-bond donors (Lipinski definition) is 2. The van der Waals surface area contributed by atoms with Crippen LogP contribution in [-0.4, -0.2) is 22.0 Å². The minimum atomic E-state index is -1.04. The van der Waals surface area contributed by atoms with Gasteiger partial charge in [-0.3, -0.25) is 4.79 Å². The van der Waals surface area contributed by atoms with E-state index in [-0.39, 0.29) is 17.4 Å². The minimum absolute atomic E-state index is 0.0949. The largest absolute Gasteiger partial charge is 0.478 e. The van der Waals surface area contributed by atoms with Crippen LogP contribution in [0.4, 0.5) is 5.82 Å². The van der Waals surface area contributed by atoms with E-state index in [0.717, 1.165) is 0 Å². The van der Waals surface area contributed by atoms with Crippen LogP contribution in [0.25, 0.3) is 0 Å². The second-order valence-corrected chi connectivity index (χ2v) is 3.38. The highest BCUT2D eigenvalue weighted by molar-refractivity contribution is 5.92. The Morgan fingerprint density at radius 3 is 2.47 bits per heavy atom. The summed E-state index contributed by atoms with van der Waals surface area (Å²) in [6.45, 7) is 3.53. The molecule has 0 saturated carbocycles. The van der Waals surface area contributed by atoms with E-state index in [1.807, 2.05) is 0 Å². The van der Waals surface area contributed by atoms with E-state index >= 15 is 0 Å². The van der Waals surface area contributed by atoms with Crippen LogP contribution < -0.4 is 5.32 Å². The van der Waals surface area contributed by atoms with Crippen molar-refractivity contribution in [1.29, 1.82) is 0 Å². The van der Waals surface area contributed by atoms with Gasteiger partial charge in [0.05, 0.1) is 5.56 Å². The highest BCUT2D eigenvalue weighted by atomic mass is 16.4. The molecule has 0 aliphatic carbocycles. The molecule has 5 nitrogen and oxygen atoms in total. The average molecular weight is 208 g/mol. The number of rotatable bonds is 3. The van der Waals surface area contributed by atoms with E-state index in [1.54, 1.807) is 13.8 Å². The number of nitrogens with one attached hydrogen (secondary N) is 1. The standard InChI is InChI=1S/C10H12N2O3/c1-6(2)9(13)12-8-4-3-7(5-11-8)10(14)15/h3-6H,1-2H3,(H,14,15)(H,11,12,13). The number of hydrogen-bond acceptors (Lipinski definition) is 3. The second kappa shape index (κ2) is 4.54. The van der Waals surface area contributed by atoms with E-state index < -0.39 is 5.97 Å². The van der Waals surface area contributed by atoms with Crippen LogP contribution >= 0.6 is 0 Å². The van der Waals surface area contributed by atoms with Crippen LogP contribution in [0, 0.1) is 5.92 Å². The number of carboxylic acids is 1. The molecule has 0 aliphatic rings. The zero-order valence-electron chi connectivity index (χ0n) is 8.52. The molecule has 1 amide bonds. The first-order chi connectivity index (χ1) is 7.00. The Morgan fingerprint density at radius 2 is 2.07 bits per heavy atom. The molecule has 0 bridgehead atoms. The molecular formula is C10H12N2O3. The minimum Gasteiger partial charge on any atom is -0.478 e. The number of carbonyl (C=O) groups is 2. The fourth-order valence-corrected chi connectivity index (χ4v) is 0.865. The third kappa shape index (κ3) is 3.05. The van der Waals surface area contributed by atoms with Gasteiger partial charge >= 0.3 is 5.97 Å². The zero-order chi connectivity index (χ0) is 11.4. The maximum atomic E-state index is 11.3. The summed E-state index contributed by atoms with van der Waals surface area (Å²) in [5, 5.41) is 11.2. The molecule has 0 spiro atoms. The molecule has 0 aliphatic heterocycles. The Labute approximate surface area is 87.1 Å². The number of aromatic nitrogens is 1. The fraction of sp³-hybridized carbons (Fsp3) is 0.300. The Balaban J connectivity index is 2.73. The molecule has 15 heavy (non-hydrogen) atoms. The average Bonchev–Trinajstić information content (AvgIpc) is 2.18. The molecule has 5 heteroatoms. The van der Waals surface area contributed by atoms with Gasteiger partial charge in [-0.1, -0.05) is 13.8 Å². The first kappa shape index (κ1) is 11.2. The topological polar surface area (TPSA) is 79.3 Å². The van der Waals surface area contributed by atoms with E-state index in [1.165, 1.54) is 18.3 Å². The number of anilines is 1. The number of nitrogens with zero attached hydrogens (tertiary/aromatic N) is 1. The summed E-state index contributed by atoms with van der Waals surface area (Å²) in [5.41, 5.74) is 0.0949. The summed E-state index contributed by atoms with van der Waals surface area (Å²) >= 11 is 0. The first-order valence-corrected chi connectivity index (χ1v) is 4.51. The van der Waals surface area contributed by atoms with Gasteiger partial charge in [0.2, 0.25) is 5.91 Å². The molecule has 1 aromatic heterocycles. The molecule has 2 N–H and O–H groups in total. The Kier molecular flexibility index (Phi) is 3.38. The SMILES string of the molecule is CC(C)C(=O)Nc1ccc(C(=O)O)cn1. The van der Waals surface area contributed by atoms with Crippen molar-refractivity contribution in [3.8, 4) is 0 Å². The zero-order valence-corrected chi connectivity index (χ0v) is 8.52. The molecule has 1 heterocycles. The fourth-order valence-electron chi connectivity index (χ4n) is 0.865. The lowest BCUT2D eigenvalue weighted by Gasteiger charge is -2.06. The maximum Gasteiger partial charge on any atom is 0.337 e. The molecule has 1 aromatic rings. The molecule has 0 unspecified atom stereocenters. The van der Waals surface area contributed by atoms with Crippen molar-refractivity contribution in [2.75, 3.05) is 5.32 Å². The highest BCUT2D eigenvalue weighted by Gasteiger charge is 2.08. The van der Waals surface area contributed by atoms with Crippen molar-refractivity contribution in [2.24, 2.45) is 5.92 Å². The first-order valence-electron chi connectivity index (χ1n) is 4.51. The molecule has 0 aromatic carbocycles. The van der Waals surface area contributed by atoms with Crippen molar-refractivity contribution in [3.63, 3.8) is 0 Å². The van der Waals surface area contributed by atoms with Gasteiger partial charge in [0.15, 0.2) is 0 Å². The van der Waals surface area contributed by atoms with Crippen LogP contribution in [0.3, 0.4) is 0 Å². The predicted molar refractivity (Wildman–Crippen MR) is 54.7 cm³/mol. The summed E-state index contributed by atoms with van der Waals surface area (Å²) < 4.78 is 0. The molecular weight excluding hydrogens is 196 g/mol. The Morgan fingerprint density at radius 1 is 1.40 bits per heavy atom. The van der Waals surface area contributed by atoms with Gasteiger partial charge in [0.1, 0.15) is 5.82 Å². The monoisotopic (exact) mass is 208 g/mol. The Bertz CT molecular complexity index is 371. The smallest absolute Gasteiger partial charge is 0.337 e. The number of aromatic carboxylic acids is 1. The van der Waals surface area contributed by atoms with Gasteiger partial charge in [-0.2, -0.15) is 0 Å². The van der Waals surface area contributed by atoms with Gasteiger partial charge in [-0.15, -0.1) is 0 Å². The quantitative estimate of drug-likeness (QED) is 0.786. The molecule has 0 fully saturated rings. The van der Waals surface area contributed by atoms with Crippen LogP contribution in [-0.2, 0) is 4.79 Å². The van der Waals surface area contributed by atoms with Gasteiger partial charge in [0.25, 0.3) is 0 Å². The number of carboxylic acid groups (broad SMARTS) is 1. The molecule has 0 saturated heterocycles. The number of amides is 1. The van der Waals surface area contributed by atoms with Crippen molar-refractivity contribution >= 4 is 17.7 Å². The van der Waals surface area contributed by atoms with E-state index in [0.29, 0.717) is 5.82 Å². The van der Waals surface area contributed by atoms with Gasteiger partial charge < -0.3 is 10.4 Å². The van der Waals surface area contributed by atoms with Crippen LogP contribution in [0.5, 0.6) is 0 Å². The second-order valence-electron chi connectivity index (χ2n) is 3.38. The Hall–Kier alpha value is -1.91. The molecule has 1 rings (SSSR count). The third-order valence-electron chi connectivity index (χ3n) is 1.79. The predicted octanol–water partition coefficient (Wildman–Crippen LogP) is 1.37. The lowest BCUT2D eigenvalue weighted by molar-refractivity contribution is -0.118. The third-order valence-corrected chi connectivity index (χ3v) is 1.79. The van der Waals surface area contributed by atoms with Crippen molar-refractivity contribution in [2.45, 2.75) is 13.8 Å². The molecule has 0 atom stereocenters. The van der Waals surface area contributed by atoms with Crippen LogP contribution in [0.2, 0.25) is 0 Å². The van der Waals surface area contributed by atoms with Gasteiger partial charge in [-0.05, 0) is 12.1 Å². The lowest BCUT2D eigenvalue weighted by Crippen LogP contribution is -2.18. The summed E-state index contributed by atoms with van der Waals surface area (Å²) in [7, 11) is 0. The van der Waals surface area contributed by atoms with Crippen molar-refractivity contribution in [3.05, 3.63) is 23.9 Å². The maximum absolute atomic E-state index is 11.3. The summed E-state index contributed by atoms with van der Waals surface area (Å²) in [4.78, 5) is 25.6. The number of carbonyl (C=O) groups excluding carboxylic acids is 1. The van der Waals surface area contributed by atoms with Gasteiger partial charge in [0, 0.05) is 12.1 Å². The summed E-state index contributed by atoms with van der Waals surface area (Å²) in [6.07, 6.45) is 1.21. The number of pyridine rings is 1. The lowest BCUT2D eigenvalue weighted by atomic mass is 10.2. The van der Waals surface area contributed by atoms with Crippen LogP contribution in [0.1, 0.15) is 24.2 Å². The van der Waals surface area contributed by atoms with Gasteiger partial charge in [-0.25, -0.2) is 9.78 Å². The molecule has 0 radical (unpaired) electrons. The van der Waals surface area contributed by atoms with E-state index in [4.69, 9.17) is 5.11 Å².